The van der Waals surface area contributed by atoms with E-state index in [1.54, 1.807) is 0 Å². The van der Waals surface area contributed by atoms with Crippen LogP contribution in [0.4, 0.5) is 4.39 Å². The molecule has 0 bridgehead atoms. The van der Waals surface area contributed by atoms with Crippen LogP contribution >= 0.6 is 0 Å². The Kier molecular flexibility index (Phi) is 2.55. The number of halogens is 1. The lowest BCUT2D eigenvalue weighted by Crippen LogP contribution is -2.30. The van der Waals surface area contributed by atoms with Gasteiger partial charge in [-0.25, -0.2) is 4.39 Å². The maximum Gasteiger partial charge on any atom is 0.123 e. The Hall–Kier alpha value is -0.890. The van der Waals surface area contributed by atoms with Crippen LogP contribution in [0.3, 0.4) is 0 Å². The van der Waals surface area contributed by atoms with Crippen molar-refractivity contribution in [3.63, 3.8) is 0 Å². The van der Waals surface area contributed by atoms with Crippen LogP contribution in [0.1, 0.15) is 18.4 Å². The molecule has 1 fully saturated rings. The molecule has 0 amide bonds. The van der Waals surface area contributed by atoms with Crippen LogP contribution in [0.5, 0.6) is 0 Å². The minimum atomic E-state index is -0.190. The molecular formula is C12H14FO. The fourth-order valence-electron chi connectivity index (χ4n) is 1.85. The Balaban J connectivity index is 2.23. The van der Waals surface area contributed by atoms with E-state index in [2.05, 4.69) is 6.92 Å². The summed E-state index contributed by atoms with van der Waals surface area (Å²) in [5.74, 6) is -0.190. The molecule has 1 heterocycles. The Labute approximate surface area is 83.9 Å². The predicted octanol–water partition coefficient (Wildman–Crippen LogP) is 2.71. The Morgan fingerprint density at radius 1 is 1.14 bits per heavy atom. The molecule has 0 N–H and O–H groups in total. The summed E-state index contributed by atoms with van der Waals surface area (Å²) in [7, 11) is 0. The molecule has 1 aromatic rings. The first-order valence-electron chi connectivity index (χ1n) is 4.90. The number of hydrogen-bond donors (Lipinski definition) is 0. The molecule has 0 aliphatic carbocycles. The van der Waals surface area contributed by atoms with Crippen LogP contribution in [0.2, 0.25) is 0 Å². The zero-order chi connectivity index (χ0) is 10.0. The fourth-order valence-corrected chi connectivity index (χ4v) is 1.85. The molecule has 0 aromatic heterocycles. The van der Waals surface area contributed by atoms with Gasteiger partial charge in [-0.15, -0.1) is 0 Å². The van der Waals surface area contributed by atoms with Crippen molar-refractivity contribution in [2.24, 2.45) is 0 Å². The van der Waals surface area contributed by atoms with Gasteiger partial charge >= 0.3 is 0 Å². The van der Waals surface area contributed by atoms with Crippen molar-refractivity contribution in [2.45, 2.75) is 18.3 Å². The number of ether oxygens (including phenoxy) is 1. The van der Waals surface area contributed by atoms with E-state index in [-0.39, 0.29) is 11.2 Å². The molecular weight excluding hydrogens is 179 g/mol. The second kappa shape index (κ2) is 3.70. The van der Waals surface area contributed by atoms with Crippen molar-refractivity contribution in [2.75, 3.05) is 13.2 Å². The average molecular weight is 193 g/mol. The Morgan fingerprint density at radius 2 is 1.71 bits per heavy atom. The molecule has 75 valence electrons. The molecule has 1 aromatic carbocycles. The molecule has 1 radical (unpaired) electrons. The lowest BCUT2D eigenvalue weighted by molar-refractivity contribution is 0.0645. The fraction of sp³-hybridized carbons (Fsp3) is 0.417. The van der Waals surface area contributed by atoms with Crippen LogP contribution in [-0.2, 0) is 10.2 Å². The summed E-state index contributed by atoms with van der Waals surface area (Å²) in [4.78, 5) is 0. The summed E-state index contributed by atoms with van der Waals surface area (Å²) < 4.78 is 18.0. The molecule has 1 aliphatic rings. The Bertz CT molecular complexity index is 299. The minimum Gasteiger partial charge on any atom is -0.381 e. The summed E-state index contributed by atoms with van der Waals surface area (Å²) in [5.41, 5.74) is 1.04. The van der Waals surface area contributed by atoms with Gasteiger partial charge in [0.15, 0.2) is 0 Å². The number of rotatable bonds is 1. The van der Waals surface area contributed by atoms with E-state index < -0.39 is 0 Å². The number of hydrogen-bond acceptors (Lipinski definition) is 1. The van der Waals surface area contributed by atoms with E-state index in [4.69, 9.17) is 4.74 Å². The van der Waals surface area contributed by atoms with Crippen molar-refractivity contribution < 1.29 is 9.13 Å². The molecule has 1 nitrogen and oxygen atoms in total. The minimum absolute atomic E-state index is 0.0774. The van der Waals surface area contributed by atoms with Crippen molar-refractivity contribution in [1.29, 1.82) is 0 Å². The van der Waals surface area contributed by atoms with E-state index in [1.165, 1.54) is 12.1 Å². The first-order chi connectivity index (χ1) is 6.71. The Morgan fingerprint density at radius 3 is 2.29 bits per heavy atom. The SMILES string of the molecule is [CH2]C1(c2ccc(F)cc2)CCOCC1. The van der Waals surface area contributed by atoms with Crippen LogP contribution < -0.4 is 0 Å². The van der Waals surface area contributed by atoms with E-state index >= 15 is 0 Å². The van der Waals surface area contributed by atoms with Crippen molar-refractivity contribution in [3.8, 4) is 0 Å². The van der Waals surface area contributed by atoms with E-state index in [0.29, 0.717) is 0 Å². The van der Waals surface area contributed by atoms with Gasteiger partial charge in [-0.3, -0.25) is 0 Å². The largest absolute Gasteiger partial charge is 0.381 e. The molecule has 2 heteroatoms. The lowest BCUT2D eigenvalue weighted by Gasteiger charge is -2.33. The van der Waals surface area contributed by atoms with Gasteiger partial charge in [0.05, 0.1) is 0 Å². The molecule has 2 rings (SSSR count). The lowest BCUT2D eigenvalue weighted by atomic mass is 9.76. The monoisotopic (exact) mass is 193 g/mol. The molecule has 1 saturated heterocycles. The predicted molar refractivity (Wildman–Crippen MR) is 53.5 cm³/mol. The quantitative estimate of drug-likeness (QED) is 0.666. The third kappa shape index (κ3) is 1.80. The van der Waals surface area contributed by atoms with Gasteiger partial charge in [0.2, 0.25) is 0 Å². The molecule has 1 aliphatic heterocycles. The van der Waals surface area contributed by atoms with E-state index in [1.807, 2.05) is 12.1 Å². The third-order valence-electron chi connectivity index (χ3n) is 2.91. The highest BCUT2D eigenvalue weighted by molar-refractivity contribution is 5.27. The highest BCUT2D eigenvalue weighted by atomic mass is 19.1. The summed E-state index contributed by atoms with van der Waals surface area (Å²) in [6.07, 6.45) is 1.83. The van der Waals surface area contributed by atoms with Gasteiger partial charge < -0.3 is 4.74 Å². The molecule has 0 spiro atoms. The maximum absolute atomic E-state index is 12.7. The van der Waals surface area contributed by atoms with Crippen LogP contribution in [0.15, 0.2) is 24.3 Å². The first kappa shape index (κ1) is 9.66. The van der Waals surface area contributed by atoms with Gasteiger partial charge in [-0.2, -0.15) is 0 Å². The normalized spacial score (nSPS) is 20.7. The molecule has 0 saturated carbocycles. The molecule has 0 unspecified atom stereocenters. The van der Waals surface area contributed by atoms with Crippen LogP contribution in [0, 0.1) is 12.7 Å². The second-order valence-electron chi connectivity index (χ2n) is 3.90. The zero-order valence-electron chi connectivity index (χ0n) is 8.13. The standard InChI is InChI=1S/C12H14FO/c1-12(6-8-14-9-7-12)10-2-4-11(13)5-3-10/h2-5H,1,6-9H2. The zero-order valence-corrected chi connectivity index (χ0v) is 8.13. The van der Waals surface area contributed by atoms with Gasteiger partial charge in [-0.05, 0) is 42.9 Å². The summed E-state index contributed by atoms with van der Waals surface area (Å²) >= 11 is 0. The maximum atomic E-state index is 12.7. The summed E-state index contributed by atoms with van der Waals surface area (Å²) in [5, 5.41) is 0. The third-order valence-corrected chi connectivity index (χ3v) is 2.91. The summed E-state index contributed by atoms with van der Waals surface area (Å²) in [6.45, 7) is 5.73. The van der Waals surface area contributed by atoms with Gasteiger partial charge in [0, 0.05) is 13.2 Å². The molecule has 14 heavy (non-hydrogen) atoms. The average Bonchev–Trinajstić information content (AvgIpc) is 2.19. The first-order valence-corrected chi connectivity index (χ1v) is 4.90. The van der Waals surface area contributed by atoms with Crippen LogP contribution in [-0.4, -0.2) is 13.2 Å². The smallest absolute Gasteiger partial charge is 0.123 e. The van der Waals surface area contributed by atoms with Gasteiger partial charge in [0.25, 0.3) is 0 Å². The van der Waals surface area contributed by atoms with Gasteiger partial charge in [-0.1, -0.05) is 12.1 Å². The van der Waals surface area contributed by atoms with Crippen molar-refractivity contribution in [3.05, 3.63) is 42.6 Å². The van der Waals surface area contributed by atoms with Crippen LogP contribution in [0.25, 0.3) is 0 Å². The highest BCUT2D eigenvalue weighted by Gasteiger charge is 2.29. The van der Waals surface area contributed by atoms with Crippen molar-refractivity contribution >= 4 is 0 Å². The molecule has 0 atom stereocenters. The van der Waals surface area contributed by atoms with E-state index in [0.717, 1.165) is 31.6 Å². The second-order valence-corrected chi connectivity index (χ2v) is 3.90. The highest BCUT2D eigenvalue weighted by Crippen LogP contribution is 2.33. The summed E-state index contributed by atoms with van der Waals surface area (Å²) in [6, 6.07) is 6.65. The topological polar surface area (TPSA) is 9.23 Å². The van der Waals surface area contributed by atoms with Crippen molar-refractivity contribution in [1.82, 2.24) is 0 Å². The van der Waals surface area contributed by atoms with Gasteiger partial charge in [0.1, 0.15) is 5.82 Å². The number of benzene rings is 1. The van der Waals surface area contributed by atoms with E-state index in [9.17, 15) is 4.39 Å².